The van der Waals surface area contributed by atoms with Crippen molar-refractivity contribution in [2.75, 3.05) is 13.1 Å². The third-order valence-corrected chi connectivity index (χ3v) is 6.77. The SMILES string of the molecule is O=C(CCC(=O)N1CC(O)C(Cc2ccnc3ccccc23)C1)NC1CCCCCC1. The molecule has 1 saturated carbocycles. The first-order valence-corrected chi connectivity index (χ1v) is 11.7. The van der Waals surface area contributed by atoms with Gasteiger partial charge in [0.2, 0.25) is 11.8 Å². The quantitative estimate of drug-likeness (QED) is 0.699. The van der Waals surface area contributed by atoms with Gasteiger partial charge >= 0.3 is 0 Å². The van der Waals surface area contributed by atoms with Crippen LogP contribution in [-0.4, -0.2) is 52.0 Å². The van der Waals surface area contributed by atoms with Crippen molar-refractivity contribution in [2.24, 2.45) is 5.92 Å². The van der Waals surface area contributed by atoms with Crippen LogP contribution in [0, 0.1) is 5.92 Å². The molecular weight excluding hydrogens is 390 g/mol. The number of fused-ring (bicyclic) bond motifs is 1. The average Bonchev–Trinajstić information content (AvgIpc) is 2.97. The summed E-state index contributed by atoms with van der Waals surface area (Å²) in [6.45, 7) is 0.873. The Kier molecular flexibility index (Phi) is 7.17. The van der Waals surface area contributed by atoms with E-state index in [1.165, 1.54) is 25.7 Å². The van der Waals surface area contributed by atoms with Gasteiger partial charge in [-0.2, -0.15) is 0 Å². The summed E-state index contributed by atoms with van der Waals surface area (Å²) >= 11 is 0. The number of aromatic nitrogens is 1. The lowest BCUT2D eigenvalue weighted by atomic mass is 9.94. The maximum atomic E-state index is 12.7. The fraction of sp³-hybridized carbons (Fsp3) is 0.560. The van der Waals surface area contributed by atoms with E-state index in [1.807, 2.05) is 24.3 Å². The van der Waals surface area contributed by atoms with Crippen molar-refractivity contribution < 1.29 is 14.7 Å². The van der Waals surface area contributed by atoms with Crippen molar-refractivity contribution >= 4 is 22.7 Å². The van der Waals surface area contributed by atoms with Crippen LogP contribution >= 0.6 is 0 Å². The number of carbonyl (C=O) groups is 2. The number of aliphatic hydroxyl groups excluding tert-OH is 1. The van der Waals surface area contributed by atoms with Crippen molar-refractivity contribution in [3.63, 3.8) is 0 Å². The van der Waals surface area contributed by atoms with Gasteiger partial charge in [0.15, 0.2) is 0 Å². The molecule has 6 nitrogen and oxygen atoms in total. The summed E-state index contributed by atoms with van der Waals surface area (Å²) in [5.41, 5.74) is 2.09. The highest BCUT2D eigenvalue weighted by Gasteiger charge is 2.34. The van der Waals surface area contributed by atoms with E-state index in [4.69, 9.17) is 0 Å². The molecule has 2 N–H and O–H groups in total. The number of aliphatic hydroxyl groups is 1. The van der Waals surface area contributed by atoms with E-state index in [-0.39, 0.29) is 36.6 Å². The zero-order chi connectivity index (χ0) is 21.6. The summed E-state index contributed by atoms with van der Waals surface area (Å²) in [5.74, 6) is -0.0773. The molecule has 0 radical (unpaired) electrons. The van der Waals surface area contributed by atoms with Crippen molar-refractivity contribution in [3.05, 3.63) is 42.1 Å². The molecule has 0 bridgehead atoms. The monoisotopic (exact) mass is 423 g/mol. The first-order chi connectivity index (χ1) is 15.1. The molecule has 1 aliphatic carbocycles. The molecule has 2 amide bonds. The van der Waals surface area contributed by atoms with E-state index < -0.39 is 6.10 Å². The van der Waals surface area contributed by atoms with Gasteiger partial charge < -0.3 is 15.3 Å². The molecule has 1 aromatic heterocycles. The highest BCUT2D eigenvalue weighted by Crippen LogP contribution is 2.26. The zero-order valence-corrected chi connectivity index (χ0v) is 18.1. The minimum Gasteiger partial charge on any atom is -0.391 e. The van der Waals surface area contributed by atoms with Gasteiger partial charge in [-0.15, -0.1) is 0 Å². The lowest BCUT2D eigenvalue weighted by Crippen LogP contribution is -2.36. The molecule has 4 rings (SSSR count). The fourth-order valence-electron chi connectivity index (χ4n) is 4.98. The van der Waals surface area contributed by atoms with Crippen molar-refractivity contribution in [3.8, 4) is 0 Å². The van der Waals surface area contributed by atoms with Gasteiger partial charge in [-0.25, -0.2) is 0 Å². The van der Waals surface area contributed by atoms with Crippen LogP contribution in [0.3, 0.4) is 0 Å². The second-order valence-corrected chi connectivity index (χ2v) is 9.07. The van der Waals surface area contributed by atoms with E-state index >= 15 is 0 Å². The maximum Gasteiger partial charge on any atom is 0.223 e. The number of para-hydroxylation sites is 1. The summed E-state index contributed by atoms with van der Waals surface area (Å²) in [6.07, 6.45) is 9.32. The molecule has 1 aliphatic heterocycles. The first-order valence-electron chi connectivity index (χ1n) is 11.7. The van der Waals surface area contributed by atoms with Crippen molar-refractivity contribution in [1.29, 1.82) is 0 Å². The number of hydrogen-bond donors (Lipinski definition) is 2. The summed E-state index contributed by atoms with van der Waals surface area (Å²) in [7, 11) is 0. The molecule has 2 heterocycles. The third kappa shape index (κ3) is 5.62. The Bertz CT molecular complexity index is 903. The van der Waals surface area contributed by atoms with E-state index in [9.17, 15) is 14.7 Å². The second-order valence-electron chi connectivity index (χ2n) is 9.07. The molecule has 166 valence electrons. The van der Waals surface area contributed by atoms with Crippen molar-refractivity contribution in [1.82, 2.24) is 15.2 Å². The number of benzene rings is 1. The summed E-state index contributed by atoms with van der Waals surface area (Å²) in [6, 6.07) is 10.3. The van der Waals surface area contributed by atoms with Crippen LogP contribution < -0.4 is 5.32 Å². The smallest absolute Gasteiger partial charge is 0.223 e. The number of hydrogen-bond acceptors (Lipinski definition) is 4. The standard InChI is InChI=1S/C25H33N3O3/c29-23-17-28(25(31)12-11-24(30)27-20-7-3-1-2-4-8-20)16-19(23)15-18-13-14-26-22-10-6-5-9-21(18)22/h5-6,9-10,13-14,19-20,23,29H,1-4,7-8,11-12,15-17H2,(H,27,30). The van der Waals surface area contributed by atoms with Crippen LogP contribution in [0.5, 0.6) is 0 Å². The van der Waals surface area contributed by atoms with Crippen LogP contribution in [0.15, 0.2) is 36.5 Å². The second kappa shape index (κ2) is 10.2. The number of β-amino-alcohol motifs (C(OH)–C–C–N with tert-alkyl or cyclic N) is 1. The predicted octanol–water partition coefficient (Wildman–Crippen LogP) is 3.22. The fourth-order valence-corrected chi connectivity index (χ4v) is 4.98. The minimum atomic E-state index is -0.546. The molecule has 31 heavy (non-hydrogen) atoms. The summed E-state index contributed by atoms with van der Waals surface area (Å²) in [4.78, 5) is 31.1. The van der Waals surface area contributed by atoms with Crippen LogP contribution in [-0.2, 0) is 16.0 Å². The Morgan fingerprint density at radius 2 is 1.81 bits per heavy atom. The van der Waals surface area contributed by atoms with Gasteiger partial charge in [-0.3, -0.25) is 14.6 Å². The molecule has 2 unspecified atom stereocenters. The molecule has 2 aromatic rings. The zero-order valence-electron chi connectivity index (χ0n) is 18.1. The normalized spacial score (nSPS) is 22.4. The predicted molar refractivity (Wildman–Crippen MR) is 120 cm³/mol. The Hall–Kier alpha value is -2.47. The maximum absolute atomic E-state index is 12.7. The lowest BCUT2D eigenvalue weighted by molar-refractivity contribution is -0.133. The average molecular weight is 424 g/mol. The lowest BCUT2D eigenvalue weighted by Gasteiger charge is -2.18. The Morgan fingerprint density at radius 1 is 1.03 bits per heavy atom. The summed E-state index contributed by atoms with van der Waals surface area (Å²) < 4.78 is 0. The van der Waals surface area contributed by atoms with Crippen LogP contribution in [0.1, 0.15) is 56.9 Å². The largest absolute Gasteiger partial charge is 0.391 e. The van der Waals surface area contributed by atoms with Gasteiger partial charge in [0.1, 0.15) is 0 Å². The molecule has 6 heteroatoms. The van der Waals surface area contributed by atoms with Gasteiger partial charge in [-0.1, -0.05) is 43.9 Å². The van der Waals surface area contributed by atoms with E-state index in [0.29, 0.717) is 19.5 Å². The number of nitrogens with zero attached hydrogens (tertiary/aromatic N) is 2. The highest BCUT2D eigenvalue weighted by molar-refractivity contribution is 5.84. The van der Waals surface area contributed by atoms with Gasteiger partial charge in [0.05, 0.1) is 11.6 Å². The Morgan fingerprint density at radius 3 is 2.61 bits per heavy atom. The minimum absolute atomic E-state index is 0.00503. The number of carbonyl (C=O) groups excluding carboxylic acids is 2. The third-order valence-electron chi connectivity index (χ3n) is 6.77. The van der Waals surface area contributed by atoms with Gasteiger partial charge in [-0.05, 0) is 37.0 Å². The molecule has 1 aromatic carbocycles. The molecule has 2 atom stereocenters. The molecule has 2 fully saturated rings. The number of nitrogens with one attached hydrogen (secondary N) is 1. The summed E-state index contributed by atoms with van der Waals surface area (Å²) in [5, 5.41) is 14.8. The topological polar surface area (TPSA) is 82.5 Å². The highest BCUT2D eigenvalue weighted by atomic mass is 16.3. The Balaban J connectivity index is 1.28. The molecular formula is C25H33N3O3. The molecule has 1 saturated heterocycles. The number of amides is 2. The van der Waals surface area contributed by atoms with Gasteiger partial charge in [0, 0.05) is 49.5 Å². The number of likely N-dealkylation sites (tertiary alicyclic amines) is 1. The first kappa shape index (κ1) is 21.8. The van der Waals surface area contributed by atoms with E-state index in [0.717, 1.165) is 29.3 Å². The number of pyridine rings is 1. The van der Waals surface area contributed by atoms with Crippen LogP contribution in [0.4, 0.5) is 0 Å². The Labute approximate surface area is 184 Å². The van der Waals surface area contributed by atoms with Crippen LogP contribution in [0.2, 0.25) is 0 Å². The van der Waals surface area contributed by atoms with E-state index in [1.54, 1.807) is 11.1 Å². The van der Waals surface area contributed by atoms with Gasteiger partial charge in [0.25, 0.3) is 0 Å². The molecule has 0 spiro atoms. The number of rotatable bonds is 6. The molecule has 2 aliphatic rings. The van der Waals surface area contributed by atoms with E-state index in [2.05, 4.69) is 16.4 Å². The van der Waals surface area contributed by atoms with Crippen LogP contribution in [0.25, 0.3) is 10.9 Å². The van der Waals surface area contributed by atoms with Crippen molar-refractivity contribution in [2.45, 2.75) is 69.9 Å².